The summed E-state index contributed by atoms with van der Waals surface area (Å²) in [6.07, 6.45) is 1.69. The van der Waals surface area contributed by atoms with Gasteiger partial charge in [-0.05, 0) is 12.1 Å². The lowest BCUT2D eigenvalue weighted by molar-refractivity contribution is 0.306. The molecule has 0 radical (unpaired) electrons. The summed E-state index contributed by atoms with van der Waals surface area (Å²) in [5.74, 6) is 0.705. The molecule has 3 heteroatoms. The van der Waals surface area contributed by atoms with Crippen LogP contribution in [0.1, 0.15) is 5.56 Å². The lowest BCUT2D eigenvalue weighted by Gasteiger charge is -2.11. The third kappa shape index (κ3) is 0.941. The van der Waals surface area contributed by atoms with Crippen LogP contribution in [0.2, 0.25) is 0 Å². The Hall–Kier alpha value is -1.51. The van der Waals surface area contributed by atoms with Crippen molar-refractivity contribution < 1.29 is 9.84 Å². The Labute approximate surface area is 64.0 Å². The zero-order chi connectivity index (χ0) is 7.68. The van der Waals surface area contributed by atoms with Crippen LogP contribution in [0.15, 0.2) is 23.2 Å². The van der Waals surface area contributed by atoms with Gasteiger partial charge in [-0.25, -0.2) is 0 Å². The molecule has 0 aromatic heterocycles. The molecule has 1 aliphatic rings. The SMILES string of the molecule is Oc1cccc2c1OCN=C2. The van der Waals surface area contributed by atoms with Crippen molar-refractivity contribution in [3.05, 3.63) is 23.8 Å². The topological polar surface area (TPSA) is 41.8 Å². The first-order valence-electron chi connectivity index (χ1n) is 3.32. The Bertz CT molecular complexity index is 307. The molecule has 0 saturated heterocycles. The highest BCUT2D eigenvalue weighted by atomic mass is 16.5. The van der Waals surface area contributed by atoms with E-state index in [0.29, 0.717) is 12.5 Å². The molecule has 1 heterocycles. The van der Waals surface area contributed by atoms with Crippen molar-refractivity contribution >= 4 is 6.21 Å². The maximum absolute atomic E-state index is 9.27. The number of ether oxygens (including phenoxy) is 1. The van der Waals surface area contributed by atoms with E-state index in [9.17, 15) is 5.11 Å². The van der Waals surface area contributed by atoms with Gasteiger partial charge in [-0.15, -0.1) is 0 Å². The molecular formula is C8H7NO2. The second-order valence-corrected chi connectivity index (χ2v) is 2.28. The Balaban J connectivity index is 2.60. The molecule has 1 aromatic carbocycles. The minimum Gasteiger partial charge on any atom is -0.504 e. The van der Waals surface area contributed by atoms with Gasteiger partial charge in [0, 0.05) is 11.8 Å². The fraction of sp³-hybridized carbons (Fsp3) is 0.125. The van der Waals surface area contributed by atoms with Crippen molar-refractivity contribution in [3.63, 3.8) is 0 Å². The van der Waals surface area contributed by atoms with Crippen molar-refractivity contribution in [1.82, 2.24) is 0 Å². The molecule has 56 valence electrons. The highest BCUT2D eigenvalue weighted by Gasteiger charge is 2.09. The van der Waals surface area contributed by atoms with Crippen LogP contribution in [0.5, 0.6) is 11.5 Å². The summed E-state index contributed by atoms with van der Waals surface area (Å²) < 4.78 is 5.11. The summed E-state index contributed by atoms with van der Waals surface area (Å²) in [6, 6.07) is 5.20. The van der Waals surface area contributed by atoms with Gasteiger partial charge in [0.1, 0.15) is 0 Å². The fourth-order valence-electron chi connectivity index (χ4n) is 1.04. The Morgan fingerprint density at radius 3 is 3.18 bits per heavy atom. The smallest absolute Gasteiger partial charge is 0.179 e. The van der Waals surface area contributed by atoms with Gasteiger partial charge in [-0.1, -0.05) is 6.07 Å². The molecule has 0 unspecified atom stereocenters. The normalized spacial score (nSPS) is 13.8. The third-order valence-electron chi connectivity index (χ3n) is 1.54. The Kier molecular flexibility index (Phi) is 1.28. The van der Waals surface area contributed by atoms with Crippen LogP contribution in [0, 0.1) is 0 Å². The fourth-order valence-corrected chi connectivity index (χ4v) is 1.04. The summed E-state index contributed by atoms with van der Waals surface area (Å²) >= 11 is 0. The van der Waals surface area contributed by atoms with Crippen LogP contribution in [0.25, 0.3) is 0 Å². The molecule has 0 atom stereocenters. The van der Waals surface area contributed by atoms with Gasteiger partial charge >= 0.3 is 0 Å². The van der Waals surface area contributed by atoms with E-state index in [2.05, 4.69) is 4.99 Å². The number of para-hydroxylation sites is 1. The van der Waals surface area contributed by atoms with Crippen LogP contribution in [0.4, 0.5) is 0 Å². The second kappa shape index (κ2) is 2.27. The Morgan fingerprint density at radius 2 is 2.36 bits per heavy atom. The van der Waals surface area contributed by atoms with Gasteiger partial charge < -0.3 is 9.84 Å². The lowest BCUT2D eigenvalue weighted by Crippen LogP contribution is -2.03. The van der Waals surface area contributed by atoms with E-state index in [-0.39, 0.29) is 5.75 Å². The summed E-state index contributed by atoms with van der Waals surface area (Å²) in [5.41, 5.74) is 0.830. The van der Waals surface area contributed by atoms with Crippen molar-refractivity contribution in [2.24, 2.45) is 4.99 Å². The van der Waals surface area contributed by atoms with Crippen molar-refractivity contribution in [2.45, 2.75) is 0 Å². The van der Waals surface area contributed by atoms with Gasteiger partial charge in [0.25, 0.3) is 0 Å². The van der Waals surface area contributed by atoms with E-state index in [1.165, 1.54) is 0 Å². The summed E-state index contributed by atoms with van der Waals surface area (Å²) in [7, 11) is 0. The van der Waals surface area contributed by atoms with E-state index < -0.39 is 0 Å². The predicted octanol–water partition coefficient (Wildman–Crippen LogP) is 1.16. The molecular weight excluding hydrogens is 142 g/mol. The van der Waals surface area contributed by atoms with Gasteiger partial charge in [0.05, 0.1) is 0 Å². The zero-order valence-corrected chi connectivity index (χ0v) is 5.82. The molecule has 0 aliphatic carbocycles. The molecule has 0 bridgehead atoms. The zero-order valence-electron chi connectivity index (χ0n) is 5.82. The highest BCUT2D eigenvalue weighted by Crippen LogP contribution is 2.30. The number of aliphatic imine (C=N–C) groups is 1. The van der Waals surface area contributed by atoms with Crippen LogP contribution in [0.3, 0.4) is 0 Å². The second-order valence-electron chi connectivity index (χ2n) is 2.28. The van der Waals surface area contributed by atoms with E-state index in [1.807, 2.05) is 6.07 Å². The maximum atomic E-state index is 9.27. The van der Waals surface area contributed by atoms with Gasteiger partial charge in [0.2, 0.25) is 0 Å². The summed E-state index contributed by atoms with van der Waals surface area (Å²) in [4.78, 5) is 3.90. The third-order valence-corrected chi connectivity index (χ3v) is 1.54. The number of phenolic OH excluding ortho intramolecular Hbond substituents is 1. The molecule has 1 N–H and O–H groups in total. The average molecular weight is 149 g/mol. The number of nitrogens with zero attached hydrogens (tertiary/aromatic N) is 1. The van der Waals surface area contributed by atoms with Gasteiger partial charge in [-0.3, -0.25) is 4.99 Å². The van der Waals surface area contributed by atoms with Crippen LogP contribution < -0.4 is 4.74 Å². The number of benzene rings is 1. The molecule has 1 aromatic rings. The predicted molar refractivity (Wildman–Crippen MR) is 41.2 cm³/mol. The number of fused-ring (bicyclic) bond motifs is 1. The van der Waals surface area contributed by atoms with Crippen molar-refractivity contribution in [3.8, 4) is 11.5 Å². The minimum absolute atomic E-state index is 0.175. The summed E-state index contributed by atoms with van der Waals surface area (Å²) in [5, 5.41) is 9.27. The molecule has 2 rings (SSSR count). The molecule has 1 aliphatic heterocycles. The first kappa shape index (κ1) is 6.22. The number of hydrogen-bond donors (Lipinski definition) is 1. The van der Waals surface area contributed by atoms with Crippen LogP contribution >= 0.6 is 0 Å². The van der Waals surface area contributed by atoms with Crippen LogP contribution in [-0.2, 0) is 0 Å². The van der Waals surface area contributed by atoms with Gasteiger partial charge in [-0.2, -0.15) is 0 Å². The van der Waals surface area contributed by atoms with E-state index in [4.69, 9.17) is 4.74 Å². The molecule has 0 fully saturated rings. The summed E-state index contributed by atoms with van der Waals surface area (Å²) in [6.45, 7) is 0.296. The van der Waals surface area contributed by atoms with E-state index in [1.54, 1.807) is 18.3 Å². The molecule has 11 heavy (non-hydrogen) atoms. The van der Waals surface area contributed by atoms with E-state index >= 15 is 0 Å². The number of phenols is 1. The average Bonchev–Trinajstić information content (AvgIpc) is 2.06. The quantitative estimate of drug-likeness (QED) is 0.601. The molecule has 0 amide bonds. The molecule has 0 saturated carbocycles. The van der Waals surface area contributed by atoms with E-state index in [0.717, 1.165) is 5.56 Å². The first-order valence-corrected chi connectivity index (χ1v) is 3.32. The number of hydrogen-bond acceptors (Lipinski definition) is 3. The van der Waals surface area contributed by atoms with Crippen molar-refractivity contribution in [1.29, 1.82) is 0 Å². The monoisotopic (exact) mass is 149 g/mol. The largest absolute Gasteiger partial charge is 0.504 e. The highest BCUT2D eigenvalue weighted by molar-refractivity contribution is 5.85. The number of aromatic hydroxyl groups is 1. The maximum Gasteiger partial charge on any atom is 0.179 e. The number of rotatable bonds is 0. The molecule has 3 nitrogen and oxygen atoms in total. The van der Waals surface area contributed by atoms with Crippen molar-refractivity contribution in [2.75, 3.05) is 6.73 Å². The van der Waals surface area contributed by atoms with Gasteiger partial charge in [0.15, 0.2) is 18.2 Å². The minimum atomic E-state index is 0.175. The Morgan fingerprint density at radius 1 is 1.45 bits per heavy atom. The molecule has 0 spiro atoms. The first-order chi connectivity index (χ1) is 5.38. The van der Waals surface area contributed by atoms with Crippen LogP contribution in [-0.4, -0.2) is 18.1 Å². The standard InChI is InChI=1S/C8H7NO2/c10-7-3-1-2-6-4-9-5-11-8(6)7/h1-4,10H,5H2. The lowest BCUT2D eigenvalue weighted by atomic mass is 10.2.